The number of rotatable bonds is 3. The Kier molecular flexibility index (Phi) is 2.73. The zero-order valence-corrected chi connectivity index (χ0v) is 8.92. The summed E-state index contributed by atoms with van der Waals surface area (Å²) in [4.78, 5) is 15.5. The number of aromatic nitrogens is 2. The van der Waals surface area contributed by atoms with E-state index in [1.54, 1.807) is 0 Å². The minimum Gasteiger partial charge on any atom is -0.368 e. The Morgan fingerprint density at radius 2 is 2.47 bits per heavy atom. The van der Waals surface area contributed by atoms with E-state index in [2.05, 4.69) is 10.3 Å². The van der Waals surface area contributed by atoms with Crippen LogP contribution in [0.1, 0.15) is 24.1 Å². The van der Waals surface area contributed by atoms with Gasteiger partial charge in [0.15, 0.2) is 0 Å². The van der Waals surface area contributed by atoms with Crippen molar-refractivity contribution in [1.29, 1.82) is 0 Å². The second-order valence-corrected chi connectivity index (χ2v) is 3.75. The van der Waals surface area contributed by atoms with Crippen LogP contribution >= 0.6 is 0 Å². The van der Waals surface area contributed by atoms with Crippen molar-refractivity contribution in [2.45, 2.75) is 32.9 Å². The standard InChI is InChI=1S/C10H16N4O/c1-2-10-13-7-5-12-4-3-8(7)14(10)6-9(11)15/h12H,2-6H2,1H3,(H2,11,15). The van der Waals surface area contributed by atoms with Gasteiger partial charge < -0.3 is 15.6 Å². The van der Waals surface area contributed by atoms with E-state index in [4.69, 9.17) is 5.73 Å². The van der Waals surface area contributed by atoms with Crippen LogP contribution in [0.5, 0.6) is 0 Å². The Hall–Kier alpha value is -1.36. The van der Waals surface area contributed by atoms with Crippen LogP contribution in [-0.4, -0.2) is 22.0 Å². The maximum absolute atomic E-state index is 11.0. The van der Waals surface area contributed by atoms with Crippen LogP contribution < -0.4 is 11.1 Å². The second-order valence-electron chi connectivity index (χ2n) is 3.75. The summed E-state index contributed by atoms with van der Waals surface area (Å²) in [7, 11) is 0. The molecule has 1 aromatic heterocycles. The van der Waals surface area contributed by atoms with Crippen LogP contribution in [0.2, 0.25) is 0 Å². The molecular weight excluding hydrogens is 192 g/mol. The van der Waals surface area contributed by atoms with Crippen molar-refractivity contribution < 1.29 is 4.79 Å². The largest absolute Gasteiger partial charge is 0.368 e. The predicted octanol–water partition coefficient (Wildman–Crippen LogP) is -0.423. The predicted molar refractivity (Wildman–Crippen MR) is 56.2 cm³/mol. The smallest absolute Gasteiger partial charge is 0.237 e. The number of hydrogen-bond acceptors (Lipinski definition) is 3. The maximum atomic E-state index is 11.0. The summed E-state index contributed by atoms with van der Waals surface area (Å²) in [5, 5.41) is 3.27. The first kappa shape index (κ1) is 10.2. The van der Waals surface area contributed by atoms with Gasteiger partial charge in [0.2, 0.25) is 5.91 Å². The van der Waals surface area contributed by atoms with E-state index in [0.717, 1.165) is 37.4 Å². The van der Waals surface area contributed by atoms with Gasteiger partial charge in [0, 0.05) is 31.6 Å². The Bertz CT molecular complexity index is 383. The topological polar surface area (TPSA) is 72.9 Å². The number of nitrogens with two attached hydrogens (primary N) is 1. The zero-order chi connectivity index (χ0) is 10.8. The van der Waals surface area contributed by atoms with Gasteiger partial charge in [-0.05, 0) is 0 Å². The summed E-state index contributed by atoms with van der Waals surface area (Å²) >= 11 is 0. The van der Waals surface area contributed by atoms with Crippen LogP contribution in [-0.2, 0) is 30.7 Å². The van der Waals surface area contributed by atoms with Crippen LogP contribution in [0.15, 0.2) is 0 Å². The van der Waals surface area contributed by atoms with E-state index in [-0.39, 0.29) is 12.5 Å². The van der Waals surface area contributed by atoms with Crippen LogP contribution in [0, 0.1) is 0 Å². The fourth-order valence-corrected chi connectivity index (χ4v) is 2.04. The lowest BCUT2D eigenvalue weighted by Gasteiger charge is -2.14. The van der Waals surface area contributed by atoms with Crippen LogP contribution in [0.3, 0.4) is 0 Å². The molecule has 0 aliphatic carbocycles. The van der Waals surface area contributed by atoms with Gasteiger partial charge in [-0.3, -0.25) is 4.79 Å². The van der Waals surface area contributed by atoms with E-state index >= 15 is 0 Å². The molecule has 0 unspecified atom stereocenters. The van der Waals surface area contributed by atoms with Gasteiger partial charge >= 0.3 is 0 Å². The van der Waals surface area contributed by atoms with Crippen LogP contribution in [0.25, 0.3) is 0 Å². The molecule has 82 valence electrons. The van der Waals surface area contributed by atoms with Crippen molar-refractivity contribution in [1.82, 2.24) is 14.9 Å². The SMILES string of the molecule is CCc1nc2c(n1CC(N)=O)CCNC2. The van der Waals surface area contributed by atoms with Gasteiger partial charge in [0.1, 0.15) is 12.4 Å². The second kappa shape index (κ2) is 4.02. The van der Waals surface area contributed by atoms with E-state index in [0.29, 0.717) is 0 Å². The number of carbonyl (C=O) groups is 1. The van der Waals surface area contributed by atoms with Gasteiger partial charge in [-0.25, -0.2) is 4.98 Å². The molecule has 0 atom stereocenters. The number of imidazole rings is 1. The first-order valence-electron chi connectivity index (χ1n) is 5.28. The van der Waals surface area contributed by atoms with E-state index in [1.807, 2.05) is 11.5 Å². The maximum Gasteiger partial charge on any atom is 0.237 e. The summed E-state index contributed by atoms with van der Waals surface area (Å²) < 4.78 is 1.97. The van der Waals surface area contributed by atoms with Gasteiger partial charge in [0.05, 0.1) is 5.69 Å². The van der Waals surface area contributed by atoms with Gasteiger partial charge in [-0.1, -0.05) is 6.92 Å². The fraction of sp³-hybridized carbons (Fsp3) is 0.600. The number of fused-ring (bicyclic) bond motifs is 1. The molecule has 0 aromatic carbocycles. The molecule has 3 N–H and O–H groups in total. The minimum atomic E-state index is -0.302. The molecule has 1 aliphatic rings. The lowest BCUT2D eigenvalue weighted by Crippen LogP contribution is -2.27. The number of nitrogens with zero attached hydrogens (tertiary/aromatic N) is 2. The Morgan fingerprint density at radius 3 is 3.13 bits per heavy atom. The normalized spacial score (nSPS) is 15.0. The number of amides is 1. The third kappa shape index (κ3) is 1.87. The number of carbonyl (C=O) groups excluding carboxylic acids is 1. The lowest BCUT2D eigenvalue weighted by atomic mass is 10.2. The molecular formula is C10H16N4O. The molecule has 0 spiro atoms. The molecule has 0 bridgehead atoms. The molecule has 1 aliphatic heterocycles. The molecule has 0 saturated carbocycles. The summed E-state index contributed by atoms with van der Waals surface area (Å²) in [6, 6.07) is 0. The molecule has 1 amide bonds. The monoisotopic (exact) mass is 208 g/mol. The van der Waals surface area contributed by atoms with Crippen molar-refractivity contribution in [2.24, 2.45) is 5.73 Å². The molecule has 2 rings (SSSR count). The Morgan fingerprint density at radius 1 is 1.67 bits per heavy atom. The van der Waals surface area contributed by atoms with Crippen molar-refractivity contribution in [3.05, 3.63) is 17.2 Å². The summed E-state index contributed by atoms with van der Waals surface area (Å²) in [6.07, 6.45) is 1.76. The highest BCUT2D eigenvalue weighted by Crippen LogP contribution is 2.16. The van der Waals surface area contributed by atoms with Gasteiger partial charge in [-0.15, -0.1) is 0 Å². The summed E-state index contributed by atoms with van der Waals surface area (Å²) in [5.74, 6) is 0.658. The summed E-state index contributed by atoms with van der Waals surface area (Å²) in [5.41, 5.74) is 7.48. The van der Waals surface area contributed by atoms with Gasteiger partial charge in [0.25, 0.3) is 0 Å². The highest BCUT2D eigenvalue weighted by atomic mass is 16.1. The Labute approximate surface area is 88.7 Å². The number of aryl methyl sites for hydroxylation is 1. The molecule has 0 fully saturated rings. The van der Waals surface area contributed by atoms with Crippen LogP contribution in [0.4, 0.5) is 0 Å². The van der Waals surface area contributed by atoms with E-state index < -0.39 is 0 Å². The molecule has 0 radical (unpaired) electrons. The first-order chi connectivity index (χ1) is 7.22. The Balaban J connectivity index is 2.39. The van der Waals surface area contributed by atoms with E-state index in [9.17, 15) is 4.79 Å². The van der Waals surface area contributed by atoms with Crippen molar-refractivity contribution in [2.75, 3.05) is 6.54 Å². The van der Waals surface area contributed by atoms with Crippen molar-refractivity contribution in [3.8, 4) is 0 Å². The van der Waals surface area contributed by atoms with Crippen molar-refractivity contribution in [3.63, 3.8) is 0 Å². The third-order valence-corrected chi connectivity index (χ3v) is 2.70. The zero-order valence-electron chi connectivity index (χ0n) is 8.92. The average Bonchev–Trinajstić information content (AvgIpc) is 2.56. The number of primary amides is 1. The lowest BCUT2D eigenvalue weighted by molar-refractivity contribution is -0.118. The highest BCUT2D eigenvalue weighted by molar-refractivity contribution is 5.73. The molecule has 0 saturated heterocycles. The summed E-state index contributed by atoms with van der Waals surface area (Å²) in [6.45, 7) is 4.04. The quantitative estimate of drug-likeness (QED) is 0.708. The minimum absolute atomic E-state index is 0.255. The molecule has 15 heavy (non-hydrogen) atoms. The molecule has 1 aromatic rings. The average molecular weight is 208 g/mol. The molecule has 5 nitrogen and oxygen atoms in total. The first-order valence-corrected chi connectivity index (χ1v) is 5.28. The fourth-order valence-electron chi connectivity index (χ4n) is 2.04. The highest BCUT2D eigenvalue weighted by Gasteiger charge is 2.19. The number of hydrogen-bond donors (Lipinski definition) is 2. The van der Waals surface area contributed by atoms with E-state index in [1.165, 1.54) is 5.69 Å². The number of nitrogens with one attached hydrogen (secondary N) is 1. The molecule has 5 heteroatoms. The third-order valence-electron chi connectivity index (χ3n) is 2.70. The molecule has 2 heterocycles. The van der Waals surface area contributed by atoms with Crippen molar-refractivity contribution >= 4 is 5.91 Å². The van der Waals surface area contributed by atoms with Gasteiger partial charge in [-0.2, -0.15) is 0 Å².